The number of benzene rings is 1. The first-order chi connectivity index (χ1) is 9.47. The van der Waals surface area contributed by atoms with Crippen molar-refractivity contribution in [3.63, 3.8) is 0 Å². The molecular weight excluding hydrogens is 319 g/mol. The Morgan fingerprint density at radius 2 is 1.80 bits per heavy atom. The lowest BCUT2D eigenvalue weighted by atomic mass is 10.3. The highest BCUT2D eigenvalue weighted by Crippen LogP contribution is 2.22. The van der Waals surface area contributed by atoms with Gasteiger partial charge in [0.1, 0.15) is 0 Å². The minimum Gasteiger partial charge on any atom is -0.261 e. The summed E-state index contributed by atoms with van der Waals surface area (Å²) in [6, 6.07) is 9.70. The van der Waals surface area contributed by atoms with Crippen molar-refractivity contribution >= 4 is 33.2 Å². The van der Waals surface area contributed by atoms with Gasteiger partial charge in [0.15, 0.2) is 0 Å². The first-order valence-corrected chi connectivity index (χ1v) is 8.07. The third kappa shape index (κ3) is 4.18. The molecule has 2 rings (SSSR count). The Morgan fingerprint density at radius 1 is 1.10 bits per heavy atom. The predicted molar refractivity (Wildman–Crippen MR) is 79.6 cm³/mol. The molecule has 0 unspecified atom stereocenters. The van der Waals surface area contributed by atoms with E-state index in [1.165, 1.54) is 18.2 Å². The van der Waals surface area contributed by atoms with Gasteiger partial charge in [-0.1, -0.05) is 29.3 Å². The van der Waals surface area contributed by atoms with E-state index >= 15 is 0 Å². The van der Waals surface area contributed by atoms with Gasteiger partial charge in [-0.05, 0) is 30.3 Å². The molecule has 0 aliphatic carbocycles. The Balaban J connectivity index is 2.04. The normalized spacial score (nSPS) is 11.5. The molecule has 7 heteroatoms. The van der Waals surface area contributed by atoms with E-state index in [4.69, 9.17) is 23.2 Å². The molecular formula is C13H12Cl2N2O2S. The molecule has 2 aromatic rings. The molecule has 0 saturated carbocycles. The van der Waals surface area contributed by atoms with Crippen LogP contribution in [0.15, 0.2) is 47.5 Å². The lowest BCUT2D eigenvalue weighted by Gasteiger charge is -2.07. The Labute approximate surface area is 127 Å². The molecule has 1 aromatic carbocycles. The topological polar surface area (TPSA) is 59.1 Å². The molecule has 1 heterocycles. The van der Waals surface area contributed by atoms with Gasteiger partial charge in [0.2, 0.25) is 10.0 Å². The van der Waals surface area contributed by atoms with Gasteiger partial charge in [-0.15, -0.1) is 0 Å². The fourth-order valence-corrected chi connectivity index (χ4v) is 3.38. The van der Waals surface area contributed by atoms with Gasteiger partial charge in [0.25, 0.3) is 0 Å². The lowest BCUT2D eigenvalue weighted by Crippen LogP contribution is -2.26. The second-order valence-electron chi connectivity index (χ2n) is 4.07. The van der Waals surface area contributed by atoms with Crippen LogP contribution in [0, 0.1) is 0 Å². The number of halogens is 2. The van der Waals surface area contributed by atoms with Crippen LogP contribution < -0.4 is 4.72 Å². The van der Waals surface area contributed by atoms with Crippen LogP contribution in [-0.4, -0.2) is 19.9 Å². The molecule has 0 radical (unpaired) electrons. The van der Waals surface area contributed by atoms with Crippen LogP contribution in [0.3, 0.4) is 0 Å². The van der Waals surface area contributed by atoms with Crippen LogP contribution in [0.4, 0.5) is 0 Å². The van der Waals surface area contributed by atoms with Crippen molar-refractivity contribution in [1.29, 1.82) is 0 Å². The lowest BCUT2D eigenvalue weighted by molar-refractivity contribution is 0.581. The first-order valence-electron chi connectivity index (χ1n) is 5.83. The molecule has 0 aliphatic heterocycles. The zero-order valence-corrected chi connectivity index (χ0v) is 12.7. The van der Waals surface area contributed by atoms with E-state index in [0.717, 1.165) is 5.69 Å². The third-order valence-corrected chi connectivity index (χ3v) is 4.42. The van der Waals surface area contributed by atoms with E-state index in [-0.39, 0.29) is 21.5 Å². The quantitative estimate of drug-likeness (QED) is 0.916. The molecule has 106 valence electrons. The number of nitrogens with one attached hydrogen (secondary N) is 1. The number of pyridine rings is 1. The standard InChI is InChI=1S/C13H12Cl2N2O2S/c14-10-7-11(15)9-13(8-10)20(18,19)17-6-4-12-3-1-2-5-16-12/h1-3,5,7-9,17H,4,6H2. The SMILES string of the molecule is O=S(=O)(NCCc1ccccn1)c1cc(Cl)cc(Cl)c1. The fourth-order valence-electron chi connectivity index (χ4n) is 1.63. The Morgan fingerprint density at radius 3 is 2.40 bits per heavy atom. The van der Waals surface area contributed by atoms with Gasteiger partial charge in [0.05, 0.1) is 4.90 Å². The van der Waals surface area contributed by atoms with Gasteiger partial charge in [-0.2, -0.15) is 0 Å². The number of sulfonamides is 1. The van der Waals surface area contributed by atoms with E-state index in [0.29, 0.717) is 6.42 Å². The maximum atomic E-state index is 12.1. The van der Waals surface area contributed by atoms with Crippen LogP contribution >= 0.6 is 23.2 Å². The predicted octanol–water partition coefficient (Wildman–Crippen LogP) is 2.91. The highest BCUT2D eigenvalue weighted by atomic mass is 35.5. The van der Waals surface area contributed by atoms with Gasteiger partial charge in [0, 0.05) is 34.9 Å². The average molecular weight is 331 g/mol. The van der Waals surface area contributed by atoms with Gasteiger partial charge in [-0.25, -0.2) is 13.1 Å². The molecule has 0 fully saturated rings. The summed E-state index contributed by atoms with van der Waals surface area (Å²) in [6.45, 7) is 0.253. The largest absolute Gasteiger partial charge is 0.261 e. The first kappa shape index (κ1) is 15.3. The zero-order valence-electron chi connectivity index (χ0n) is 10.4. The summed E-state index contributed by atoms with van der Waals surface area (Å²) in [6.07, 6.45) is 2.18. The fraction of sp³-hybridized carbons (Fsp3) is 0.154. The second kappa shape index (κ2) is 6.54. The summed E-state index contributed by atoms with van der Waals surface area (Å²) in [5, 5.41) is 0.560. The van der Waals surface area contributed by atoms with Gasteiger partial charge >= 0.3 is 0 Å². The van der Waals surface area contributed by atoms with Crippen molar-refractivity contribution in [1.82, 2.24) is 9.71 Å². The molecule has 20 heavy (non-hydrogen) atoms. The van der Waals surface area contributed by atoms with Crippen LogP contribution in [0.5, 0.6) is 0 Å². The van der Waals surface area contributed by atoms with Crippen LogP contribution in [0.1, 0.15) is 5.69 Å². The second-order valence-corrected chi connectivity index (χ2v) is 6.71. The van der Waals surface area contributed by atoms with Crippen molar-refractivity contribution in [2.24, 2.45) is 0 Å². The summed E-state index contributed by atoms with van der Waals surface area (Å²) in [4.78, 5) is 4.17. The molecule has 0 amide bonds. The summed E-state index contributed by atoms with van der Waals surface area (Å²) in [7, 11) is -3.62. The number of hydrogen-bond acceptors (Lipinski definition) is 3. The highest BCUT2D eigenvalue weighted by Gasteiger charge is 2.15. The molecule has 4 nitrogen and oxygen atoms in total. The van der Waals surface area contributed by atoms with Crippen LogP contribution in [0.25, 0.3) is 0 Å². The number of hydrogen-bond donors (Lipinski definition) is 1. The molecule has 0 spiro atoms. The van der Waals surface area contributed by atoms with Crippen molar-refractivity contribution in [2.45, 2.75) is 11.3 Å². The Bertz CT molecular complexity index is 671. The highest BCUT2D eigenvalue weighted by molar-refractivity contribution is 7.89. The summed E-state index contributed by atoms with van der Waals surface area (Å²) >= 11 is 11.6. The molecule has 1 aromatic heterocycles. The Kier molecular flexibility index (Phi) is 4.99. The monoisotopic (exact) mass is 330 g/mol. The minimum absolute atomic E-state index is 0.0519. The zero-order chi connectivity index (χ0) is 14.6. The maximum absolute atomic E-state index is 12.1. The van der Waals surface area contributed by atoms with E-state index < -0.39 is 10.0 Å². The van der Waals surface area contributed by atoms with E-state index in [2.05, 4.69) is 9.71 Å². The summed E-state index contributed by atoms with van der Waals surface area (Å²) < 4.78 is 26.6. The van der Waals surface area contributed by atoms with E-state index in [1.807, 2.05) is 18.2 Å². The van der Waals surface area contributed by atoms with E-state index in [9.17, 15) is 8.42 Å². The van der Waals surface area contributed by atoms with Gasteiger partial charge in [-0.3, -0.25) is 4.98 Å². The maximum Gasteiger partial charge on any atom is 0.240 e. The van der Waals surface area contributed by atoms with Crippen LogP contribution in [-0.2, 0) is 16.4 Å². The van der Waals surface area contributed by atoms with Crippen LogP contribution in [0.2, 0.25) is 10.0 Å². The smallest absolute Gasteiger partial charge is 0.240 e. The number of nitrogens with zero attached hydrogens (tertiary/aromatic N) is 1. The third-order valence-electron chi connectivity index (χ3n) is 2.55. The van der Waals surface area contributed by atoms with Crippen molar-refractivity contribution < 1.29 is 8.42 Å². The van der Waals surface area contributed by atoms with Crippen molar-refractivity contribution in [3.05, 3.63) is 58.3 Å². The van der Waals surface area contributed by atoms with Crippen molar-refractivity contribution in [2.75, 3.05) is 6.54 Å². The van der Waals surface area contributed by atoms with Gasteiger partial charge < -0.3 is 0 Å². The summed E-state index contributed by atoms with van der Waals surface area (Å²) in [5.41, 5.74) is 0.819. The number of aromatic nitrogens is 1. The Hall–Kier alpha value is -1.14. The summed E-state index contributed by atoms with van der Waals surface area (Å²) in [5.74, 6) is 0. The molecule has 0 saturated heterocycles. The van der Waals surface area contributed by atoms with E-state index in [1.54, 1.807) is 6.20 Å². The number of rotatable bonds is 5. The molecule has 0 bridgehead atoms. The van der Waals surface area contributed by atoms with Crippen molar-refractivity contribution in [3.8, 4) is 0 Å². The molecule has 0 atom stereocenters. The minimum atomic E-state index is -3.62. The average Bonchev–Trinajstić information content (AvgIpc) is 2.38. The molecule has 0 aliphatic rings. The molecule has 1 N–H and O–H groups in total.